The largest absolute Gasteiger partial charge is 0.481 e. The molecule has 3 nitrogen and oxygen atoms in total. The molecule has 0 amide bonds. The molecule has 0 aliphatic carbocycles. The van der Waals surface area contributed by atoms with Crippen LogP contribution in [-0.2, 0) is 4.79 Å². The predicted molar refractivity (Wildman–Crippen MR) is 68.8 cm³/mol. The number of nitrogens with zero attached hydrogens (tertiary/aromatic N) is 1. The molecule has 17 heavy (non-hydrogen) atoms. The Bertz CT molecular complexity index is 433. The molecule has 0 spiro atoms. The van der Waals surface area contributed by atoms with Gasteiger partial charge in [-0.25, -0.2) is 0 Å². The van der Waals surface area contributed by atoms with Gasteiger partial charge in [-0.1, -0.05) is 17.7 Å². The van der Waals surface area contributed by atoms with Crippen molar-refractivity contribution in [3.05, 3.63) is 28.8 Å². The van der Waals surface area contributed by atoms with Crippen molar-refractivity contribution in [2.75, 3.05) is 18.0 Å². The van der Waals surface area contributed by atoms with E-state index >= 15 is 0 Å². The number of carboxylic acid groups (broad SMARTS) is 1. The minimum absolute atomic E-state index is 0.260. The number of aryl methyl sites for hydroxylation is 1. The molecule has 1 aromatic rings. The fraction of sp³-hybridized carbons (Fsp3) is 0.462. The fourth-order valence-electron chi connectivity index (χ4n) is 2.19. The summed E-state index contributed by atoms with van der Waals surface area (Å²) in [5, 5.41) is 9.78. The molecule has 1 N–H and O–H groups in total. The molecule has 4 heteroatoms. The van der Waals surface area contributed by atoms with Crippen LogP contribution >= 0.6 is 11.6 Å². The van der Waals surface area contributed by atoms with Crippen molar-refractivity contribution in [1.29, 1.82) is 0 Å². The maximum absolute atomic E-state index is 11.0. The van der Waals surface area contributed by atoms with Gasteiger partial charge < -0.3 is 10.0 Å². The van der Waals surface area contributed by atoms with E-state index in [1.54, 1.807) is 0 Å². The molecule has 0 bridgehead atoms. The van der Waals surface area contributed by atoms with Crippen molar-refractivity contribution < 1.29 is 9.90 Å². The summed E-state index contributed by atoms with van der Waals surface area (Å²) >= 11 is 6.09. The van der Waals surface area contributed by atoms with Crippen LogP contribution in [0.3, 0.4) is 0 Å². The summed E-state index contributed by atoms with van der Waals surface area (Å²) in [5.41, 5.74) is 2.06. The molecule has 1 atom stereocenters. The van der Waals surface area contributed by atoms with Crippen LogP contribution in [-0.4, -0.2) is 24.2 Å². The zero-order valence-corrected chi connectivity index (χ0v) is 10.6. The van der Waals surface area contributed by atoms with E-state index in [0.717, 1.165) is 35.7 Å². The van der Waals surface area contributed by atoms with E-state index < -0.39 is 5.97 Å². The van der Waals surface area contributed by atoms with Crippen molar-refractivity contribution in [3.8, 4) is 0 Å². The number of aliphatic carboxylic acids is 1. The number of carbonyl (C=O) groups is 1. The molecule has 0 aromatic heterocycles. The van der Waals surface area contributed by atoms with Gasteiger partial charge in [0, 0.05) is 23.8 Å². The topological polar surface area (TPSA) is 40.5 Å². The highest BCUT2D eigenvalue weighted by molar-refractivity contribution is 6.31. The average Bonchev–Trinajstić information content (AvgIpc) is 2.33. The highest BCUT2D eigenvalue weighted by Gasteiger charge is 2.25. The van der Waals surface area contributed by atoms with Crippen LogP contribution in [0.5, 0.6) is 0 Å². The van der Waals surface area contributed by atoms with E-state index in [9.17, 15) is 4.79 Å². The zero-order valence-electron chi connectivity index (χ0n) is 9.82. The number of carboxylic acids is 1. The Morgan fingerprint density at radius 3 is 2.94 bits per heavy atom. The SMILES string of the molecule is Cc1ccc(N2CCCC(C(=O)O)C2)cc1Cl. The first-order chi connectivity index (χ1) is 8.08. The molecule has 1 aliphatic heterocycles. The van der Waals surface area contributed by atoms with Crippen LogP contribution in [0.25, 0.3) is 0 Å². The summed E-state index contributed by atoms with van der Waals surface area (Å²) in [7, 11) is 0. The van der Waals surface area contributed by atoms with Crippen LogP contribution in [0.4, 0.5) is 5.69 Å². The van der Waals surface area contributed by atoms with Gasteiger partial charge in [0.05, 0.1) is 5.92 Å². The van der Waals surface area contributed by atoms with Gasteiger partial charge >= 0.3 is 5.97 Å². The van der Waals surface area contributed by atoms with Crippen molar-refractivity contribution in [2.24, 2.45) is 5.92 Å². The molecule has 1 heterocycles. The summed E-state index contributed by atoms with van der Waals surface area (Å²) in [5.74, 6) is -0.961. The van der Waals surface area contributed by atoms with Crippen molar-refractivity contribution >= 4 is 23.3 Å². The highest BCUT2D eigenvalue weighted by Crippen LogP contribution is 2.27. The van der Waals surface area contributed by atoms with E-state index in [1.807, 2.05) is 25.1 Å². The quantitative estimate of drug-likeness (QED) is 0.881. The number of hydrogen-bond donors (Lipinski definition) is 1. The van der Waals surface area contributed by atoms with Crippen LogP contribution < -0.4 is 4.90 Å². The van der Waals surface area contributed by atoms with Gasteiger partial charge in [0.25, 0.3) is 0 Å². The smallest absolute Gasteiger partial charge is 0.308 e. The Morgan fingerprint density at radius 1 is 1.53 bits per heavy atom. The Balaban J connectivity index is 2.16. The number of piperidine rings is 1. The van der Waals surface area contributed by atoms with Gasteiger partial charge in [-0.05, 0) is 37.5 Å². The van der Waals surface area contributed by atoms with Gasteiger partial charge in [-0.15, -0.1) is 0 Å². The Kier molecular flexibility index (Phi) is 3.57. The molecule has 1 saturated heterocycles. The second-order valence-corrected chi connectivity index (χ2v) is 4.96. The van der Waals surface area contributed by atoms with E-state index in [0.29, 0.717) is 6.54 Å². The first-order valence-electron chi connectivity index (χ1n) is 5.82. The summed E-state index contributed by atoms with van der Waals surface area (Å²) in [6.07, 6.45) is 1.69. The van der Waals surface area contributed by atoms with Gasteiger partial charge in [0.2, 0.25) is 0 Å². The van der Waals surface area contributed by atoms with Crippen molar-refractivity contribution in [1.82, 2.24) is 0 Å². The lowest BCUT2D eigenvalue weighted by atomic mass is 9.98. The molecule has 0 saturated carbocycles. The maximum atomic E-state index is 11.0. The summed E-state index contributed by atoms with van der Waals surface area (Å²) in [4.78, 5) is 13.1. The van der Waals surface area contributed by atoms with E-state index in [-0.39, 0.29) is 5.92 Å². The molecule has 1 aliphatic rings. The van der Waals surface area contributed by atoms with Gasteiger partial charge in [0.15, 0.2) is 0 Å². The number of halogens is 1. The van der Waals surface area contributed by atoms with Gasteiger partial charge in [-0.2, -0.15) is 0 Å². The van der Waals surface area contributed by atoms with E-state index in [4.69, 9.17) is 16.7 Å². The Morgan fingerprint density at radius 2 is 2.29 bits per heavy atom. The third kappa shape index (κ3) is 2.72. The molecule has 0 radical (unpaired) electrons. The summed E-state index contributed by atoms with van der Waals surface area (Å²) in [6, 6.07) is 5.90. The van der Waals surface area contributed by atoms with E-state index in [2.05, 4.69) is 4.90 Å². The number of anilines is 1. The van der Waals surface area contributed by atoms with Crippen LogP contribution in [0.1, 0.15) is 18.4 Å². The number of hydrogen-bond acceptors (Lipinski definition) is 2. The first kappa shape index (κ1) is 12.2. The standard InChI is InChI=1S/C13H16ClNO2/c1-9-4-5-11(7-12(9)14)15-6-2-3-10(8-15)13(16)17/h4-5,7,10H,2-3,6,8H2,1H3,(H,16,17). The second-order valence-electron chi connectivity index (χ2n) is 4.56. The Labute approximate surface area is 106 Å². The predicted octanol–water partition coefficient (Wildman–Crippen LogP) is 2.95. The summed E-state index contributed by atoms with van der Waals surface area (Å²) in [6.45, 7) is 3.44. The van der Waals surface area contributed by atoms with Crippen LogP contribution in [0, 0.1) is 12.8 Å². The lowest BCUT2D eigenvalue weighted by Gasteiger charge is -2.32. The third-order valence-electron chi connectivity index (χ3n) is 3.29. The van der Waals surface area contributed by atoms with Gasteiger partial charge in [0.1, 0.15) is 0 Å². The normalized spacial score (nSPS) is 20.4. The third-order valence-corrected chi connectivity index (χ3v) is 3.70. The van der Waals surface area contributed by atoms with E-state index in [1.165, 1.54) is 0 Å². The second kappa shape index (κ2) is 4.96. The molecule has 2 rings (SSSR count). The zero-order chi connectivity index (χ0) is 12.4. The summed E-state index contributed by atoms with van der Waals surface area (Å²) < 4.78 is 0. The monoisotopic (exact) mass is 253 g/mol. The average molecular weight is 254 g/mol. The van der Waals surface area contributed by atoms with Crippen LogP contribution in [0.15, 0.2) is 18.2 Å². The first-order valence-corrected chi connectivity index (χ1v) is 6.19. The van der Waals surface area contributed by atoms with Gasteiger partial charge in [-0.3, -0.25) is 4.79 Å². The molecule has 1 fully saturated rings. The lowest BCUT2D eigenvalue weighted by molar-refractivity contribution is -0.141. The minimum atomic E-state index is -0.701. The molecule has 1 unspecified atom stereocenters. The number of benzene rings is 1. The van der Waals surface area contributed by atoms with Crippen LogP contribution in [0.2, 0.25) is 5.02 Å². The molecule has 1 aromatic carbocycles. The highest BCUT2D eigenvalue weighted by atomic mass is 35.5. The van der Waals surface area contributed by atoms with Crippen molar-refractivity contribution in [2.45, 2.75) is 19.8 Å². The lowest BCUT2D eigenvalue weighted by Crippen LogP contribution is -2.38. The maximum Gasteiger partial charge on any atom is 0.308 e. The van der Waals surface area contributed by atoms with Crippen molar-refractivity contribution in [3.63, 3.8) is 0 Å². The molecule has 92 valence electrons. The molecular weight excluding hydrogens is 238 g/mol. The molecular formula is C13H16ClNO2. The Hall–Kier alpha value is -1.22. The minimum Gasteiger partial charge on any atom is -0.481 e. The number of rotatable bonds is 2. The fourth-order valence-corrected chi connectivity index (χ4v) is 2.37.